The second kappa shape index (κ2) is 6.76. The molecule has 0 saturated carbocycles. The third kappa shape index (κ3) is 3.39. The molecule has 2 aromatic rings. The molecule has 20 heavy (non-hydrogen) atoms. The van der Waals surface area contributed by atoms with Gasteiger partial charge in [-0.25, -0.2) is 20.2 Å². The first-order valence-electron chi connectivity index (χ1n) is 6.32. The van der Waals surface area contributed by atoms with Crippen molar-refractivity contribution in [1.29, 1.82) is 0 Å². The maximum Gasteiger partial charge on any atom is 0.250 e. The van der Waals surface area contributed by atoms with Gasteiger partial charge in [-0.05, 0) is 12.5 Å². The molecule has 0 saturated heterocycles. The number of nitrogens with one attached hydrogen (secondary N) is 1. The second-order valence-corrected chi connectivity index (χ2v) is 4.14. The fourth-order valence-corrected chi connectivity index (χ4v) is 1.54. The van der Waals surface area contributed by atoms with Crippen molar-refractivity contribution >= 4 is 5.82 Å². The van der Waals surface area contributed by atoms with Gasteiger partial charge in [0.15, 0.2) is 11.6 Å². The third-order valence-corrected chi connectivity index (χ3v) is 2.64. The highest BCUT2D eigenvalue weighted by Gasteiger charge is 2.09. The summed E-state index contributed by atoms with van der Waals surface area (Å²) in [7, 11) is 0. The summed E-state index contributed by atoms with van der Waals surface area (Å²) >= 11 is 0. The van der Waals surface area contributed by atoms with Gasteiger partial charge in [0, 0.05) is 11.8 Å². The van der Waals surface area contributed by atoms with Crippen LogP contribution in [0.15, 0.2) is 24.7 Å². The van der Waals surface area contributed by atoms with E-state index in [1.807, 2.05) is 6.92 Å². The molecule has 0 fully saturated rings. The number of nitrogens with zero attached hydrogens (tertiary/aromatic N) is 3. The monoisotopic (exact) mass is 277 g/mol. The molecule has 3 N–H and O–H groups in total. The van der Waals surface area contributed by atoms with Crippen molar-refractivity contribution in [1.82, 2.24) is 15.0 Å². The minimum absolute atomic E-state index is 0.00963. The van der Waals surface area contributed by atoms with Crippen molar-refractivity contribution in [3.05, 3.63) is 30.5 Å². The zero-order chi connectivity index (χ0) is 14.4. The maximum absolute atomic E-state index is 13.8. The minimum atomic E-state index is -0.513. The summed E-state index contributed by atoms with van der Waals surface area (Å²) in [5.41, 5.74) is 3.41. The van der Waals surface area contributed by atoms with Crippen molar-refractivity contribution in [3.8, 4) is 17.1 Å². The average Bonchev–Trinajstić information content (AvgIpc) is 2.49. The minimum Gasteiger partial charge on any atom is -0.476 e. The van der Waals surface area contributed by atoms with E-state index in [2.05, 4.69) is 20.4 Å². The van der Waals surface area contributed by atoms with Crippen LogP contribution in [0.25, 0.3) is 11.3 Å². The highest BCUT2D eigenvalue weighted by atomic mass is 19.1. The van der Waals surface area contributed by atoms with Gasteiger partial charge >= 0.3 is 0 Å². The molecule has 0 aromatic carbocycles. The summed E-state index contributed by atoms with van der Waals surface area (Å²) in [6, 6.07) is 1.33. The zero-order valence-electron chi connectivity index (χ0n) is 11.1. The lowest BCUT2D eigenvalue weighted by atomic mass is 10.2. The van der Waals surface area contributed by atoms with Crippen LogP contribution in [0.2, 0.25) is 0 Å². The van der Waals surface area contributed by atoms with E-state index in [1.54, 1.807) is 0 Å². The molecule has 106 valence electrons. The molecule has 6 nitrogen and oxygen atoms in total. The Labute approximate surface area is 116 Å². The smallest absolute Gasteiger partial charge is 0.250 e. The Bertz CT molecular complexity index is 561. The molecule has 0 radical (unpaired) electrons. The molecule has 0 aliphatic rings. The van der Waals surface area contributed by atoms with Crippen LogP contribution >= 0.6 is 0 Å². The average molecular weight is 277 g/mol. The van der Waals surface area contributed by atoms with Gasteiger partial charge < -0.3 is 10.2 Å². The quantitative estimate of drug-likeness (QED) is 0.478. The van der Waals surface area contributed by atoms with Gasteiger partial charge in [0.1, 0.15) is 0 Å². The molecule has 0 spiro atoms. The Kier molecular flexibility index (Phi) is 4.78. The fourth-order valence-electron chi connectivity index (χ4n) is 1.54. The lowest BCUT2D eigenvalue weighted by molar-refractivity contribution is 0.282. The van der Waals surface area contributed by atoms with Crippen LogP contribution in [0.3, 0.4) is 0 Å². The van der Waals surface area contributed by atoms with E-state index < -0.39 is 5.82 Å². The fraction of sp³-hybridized carbons (Fsp3) is 0.308. The van der Waals surface area contributed by atoms with Crippen LogP contribution < -0.4 is 16.0 Å². The van der Waals surface area contributed by atoms with Crippen LogP contribution in [-0.2, 0) is 0 Å². The summed E-state index contributed by atoms with van der Waals surface area (Å²) < 4.78 is 19.1. The van der Waals surface area contributed by atoms with E-state index in [4.69, 9.17) is 10.6 Å². The first kappa shape index (κ1) is 14.1. The van der Waals surface area contributed by atoms with Crippen LogP contribution in [-0.4, -0.2) is 21.6 Å². The van der Waals surface area contributed by atoms with Gasteiger partial charge in [-0.3, -0.25) is 4.98 Å². The number of hydrazine groups is 1. The molecule has 0 atom stereocenters. The number of nitrogen functional groups attached to an aromatic ring is 1. The van der Waals surface area contributed by atoms with Crippen molar-refractivity contribution in [2.75, 3.05) is 12.0 Å². The first-order valence-corrected chi connectivity index (χ1v) is 6.32. The Morgan fingerprint density at radius 2 is 2.10 bits per heavy atom. The number of hydrogen-bond donors (Lipinski definition) is 2. The van der Waals surface area contributed by atoms with Crippen LogP contribution in [0.1, 0.15) is 19.8 Å². The van der Waals surface area contributed by atoms with Crippen LogP contribution in [0, 0.1) is 5.82 Å². The van der Waals surface area contributed by atoms with E-state index in [-0.39, 0.29) is 5.88 Å². The van der Waals surface area contributed by atoms with Crippen molar-refractivity contribution in [2.24, 2.45) is 5.84 Å². The molecule has 0 unspecified atom stereocenters. The molecule has 0 aliphatic carbocycles. The predicted octanol–water partition coefficient (Wildman–Crippen LogP) is 2.14. The van der Waals surface area contributed by atoms with Crippen LogP contribution in [0.5, 0.6) is 5.88 Å². The van der Waals surface area contributed by atoms with E-state index >= 15 is 0 Å². The number of halogens is 1. The molecule has 2 aromatic heterocycles. The number of rotatable bonds is 6. The highest BCUT2D eigenvalue weighted by Crippen LogP contribution is 2.21. The largest absolute Gasteiger partial charge is 0.476 e. The van der Waals surface area contributed by atoms with Gasteiger partial charge in [0.05, 0.1) is 24.7 Å². The van der Waals surface area contributed by atoms with Gasteiger partial charge in [-0.2, -0.15) is 0 Å². The molecular formula is C13H16FN5O. The van der Waals surface area contributed by atoms with E-state index in [9.17, 15) is 4.39 Å². The first-order chi connectivity index (χ1) is 9.74. The number of unbranched alkanes of at least 4 members (excludes halogenated alkanes) is 1. The molecule has 7 heteroatoms. The Morgan fingerprint density at radius 3 is 2.70 bits per heavy atom. The Morgan fingerprint density at radius 1 is 1.25 bits per heavy atom. The highest BCUT2D eigenvalue weighted by molar-refractivity contribution is 5.58. The summed E-state index contributed by atoms with van der Waals surface area (Å²) in [5, 5.41) is 0. The molecular weight excluding hydrogens is 261 g/mol. The number of ether oxygens (including phenoxy) is 1. The van der Waals surface area contributed by atoms with E-state index in [1.165, 1.54) is 24.7 Å². The Hall–Kier alpha value is -2.28. The molecule has 2 rings (SSSR count). The number of aromatic nitrogens is 3. The molecule has 0 amide bonds. The van der Waals surface area contributed by atoms with Crippen molar-refractivity contribution in [2.45, 2.75) is 19.8 Å². The number of anilines is 1. The Balaban J connectivity index is 2.14. The lowest BCUT2D eigenvalue weighted by Gasteiger charge is -2.07. The van der Waals surface area contributed by atoms with Crippen molar-refractivity contribution < 1.29 is 9.13 Å². The lowest BCUT2D eigenvalue weighted by Crippen LogP contribution is -2.08. The predicted molar refractivity (Wildman–Crippen MR) is 73.4 cm³/mol. The van der Waals surface area contributed by atoms with Crippen molar-refractivity contribution in [3.63, 3.8) is 0 Å². The van der Waals surface area contributed by atoms with Gasteiger partial charge in [-0.15, -0.1) is 0 Å². The van der Waals surface area contributed by atoms with Gasteiger partial charge in [-0.1, -0.05) is 13.3 Å². The third-order valence-electron chi connectivity index (χ3n) is 2.64. The summed E-state index contributed by atoms with van der Waals surface area (Å²) in [6.45, 7) is 2.49. The topological polar surface area (TPSA) is 86.0 Å². The van der Waals surface area contributed by atoms with E-state index in [0.717, 1.165) is 12.8 Å². The number of pyridine rings is 1. The second-order valence-electron chi connectivity index (χ2n) is 4.14. The SMILES string of the molecule is CCCCOc1ncc(-c2cnc(NN)cn2)cc1F. The summed E-state index contributed by atoms with van der Waals surface area (Å²) in [4.78, 5) is 12.1. The number of hydrogen-bond acceptors (Lipinski definition) is 6. The number of nitrogens with two attached hydrogens (primary N) is 1. The zero-order valence-corrected chi connectivity index (χ0v) is 11.1. The molecule has 2 heterocycles. The summed E-state index contributed by atoms with van der Waals surface area (Å²) in [6.07, 6.45) is 6.30. The maximum atomic E-state index is 13.8. The van der Waals surface area contributed by atoms with Crippen LogP contribution in [0.4, 0.5) is 10.2 Å². The van der Waals surface area contributed by atoms with Gasteiger partial charge in [0.2, 0.25) is 5.88 Å². The standard InChI is InChI=1S/C13H16FN5O/c1-2-3-4-20-13-10(14)5-9(6-18-13)11-7-17-12(19-15)8-16-11/h5-8H,2-4,15H2,1H3,(H,17,19). The molecule has 0 bridgehead atoms. The normalized spacial score (nSPS) is 10.3. The molecule has 0 aliphatic heterocycles. The van der Waals surface area contributed by atoms with E-state index in [0.29, 0.717) is 23.7 Å². The van der Waals surface area contributed by atoms with Gasteiger partial charge in [0.25, 0.3) is 0 Å². The summed E-state index contributed by atoms with van der Waals surface area (Å²) in [5.74, 6) is 5.13.